The minimum Gasteiger partial charge on any atom is -0.354 e. The number of fused-ring (bicyclic) bond motifs is 1. The maximum absolute atomic E-state index is 13.4. The van der Waals surface area contributed by atoms with Gasteiger partial charge in [0, 0.05) is 13.1 Å². The van der Waals surface area contributed by atoms with Gasteiger partial charge in [0.05, 0.1) is 5.56 Å². The molecular formula is C24H28FN3O5S. The van der Waals surface area contributed by atoms with Gasteiger partial charge in [-0.25, -0.2) is 17.1 Å². The summed E-state index contributed by atoms with van der Waals surface area (Å²) in [6.45, 7) is 3.38. The van der Waals surface area contributed by atoms with E-state index in [0.29, 0.717) is 16.4 Å². The first-order valence-corrected chi connectivity index (χ1v) is 12.6. The van der Waals surface area contributed by atoms with E-state index in [2.05, 4.69) is 5.32 Å². The van der Waals surface area contributed by atoms with Crippen molar-refractivity contribution in [2.24, 2.45) is 0 Å². The largest absolute Gasteiger partial charge is 0.354 e. The van der Waals surface area contributed by atoms with E-state index in [-0.39, 0.29) is 29.3 Å². The van der Waals surface area contributed by atoms with E-state index in [1.807, 2.05) is 6.92 Å². The highest BCUT2D eigenvalue weighted by Crippen LogP contribution is 2.30. The van der Waals surface area contributed by atoms with Crippen molar-refractivity contribution < 1.29 is 27.2 Å². The second-order valence-corrected chi connectivity index (χ2v) is 9.86. The van der Waals surface area contributed by atoms with Crippen molar-refractivity contribution in [1.29, 1.82) is 0 Å². The number of hydrogen-bond donors (Lipinski definition) is 1. The average molecular weight is 490 g/mol. The van der Waals surface area contributed by atoms with Crippen molar-refractivity contribution in [3.05, 3.63) is 65.5 Å². The predicted molar refractivity (Wildman–Crippen MR) is 124 cm³/mol. The van der Waals surface area contributed by atoms with Crippen LogP contribution in [-0.4, -0.2) is 54.5 Å². The number of carbonyl (C=O) groups excluding carboxylic acids is 3. The molecule has 34 heavy (non-hydrogen) atoms. The molecule has 0 radical (unpaired) electrons. The molecule has 0 spiro atoms. The molecule has 1 aliphatic rings. The highest BCUT2D eigenvalue weighted by Gasteiger charge is 2.43. The van der Waals surface area contributed by atoms with Crippen molar-refractivity contribution in [1.82, 2.24) is 14.5 Å². The Labute approximate surface area is 198 Å². The minimum absolute atomic E-state index is 0.00438. The molecule has 1 N–H and O–H groups in total. The van der Waals surface area contributed by atoms with E-state index < -0.39 is 40.2 Å². The Morgan fingerprint density at radius 3 is 2.38 bits per heavy atom. The summed E-state index contributed by atoms with van der Waals surface area (Å²) in [5, 5.41) is 2.81. The number of carbonyl (C=O) groups is 3. The summed E-state index contributed by atoms with van der Waals surface area (Å²) < 4.78 is 39.7. The standard InChI is InChI=1S/C24H28FN3O5S/c1-3-5-14-26-23(30)20(4-2)27(15-17-10-12-18(25)13-11-17)22(29)16-28-24(31)19-8-6-7-9-21(19)34(28,32)33/h6-13,20H,3-5,14-16H2,1-2H3,(H,26,30). The second kappa shape index (κ2) is 10.8. The Morgan fingerprint density at radius 1 is 1.09 bits per heavy atom. The van der Waals surface area contributed by atoms with Gasteiger partial charge in [0.1, 0.15) is 23.3 Å². The third-order valence-electron chi connectivity index (χ3n) is 5.67. The van der Waals surface area contributed by atoms with Crippen LogP contribution in [0.1, 0.15) is 49.0 Å². The van der Waals surface area contributed by atoms with Crippen molar-refractivity contribution in [3.8, 4) is 0 Å². The lowest BCUT2D eigenvalue weighted by atomic mass is 10.1. The lowest BCUT2D eigenvalue weighted by molar-refractivity contribution is -0.141. The minimum atomic E-state index is -4.19. The highest BCUT2D eigenvalue weighted by atomic mass is 32.2. The van der Waals surface area contributed by atoms with Gasteiger partial charge in [0.15, 0.2) is 0 Å². The molecule has 0 saturated heterocycles. The Hall–Kier alpha value is -3.27. The zero-order chi connectivity index (χ0) is 24.9. The fourth-order valence-electron chi connectivity index (χ4n) is 3.81. The molecule has 182 valence electrons. The smallest absolute Gasteiger partial charge is 0.269 e. The van der Waals surface area contributed by atoms with Crippen LogP contribution < -0.4 is 5.32 Å². The summed E-state index contributed by atoms with van der Waals surface area (Å²) in [7, 11) is -4.19. The maximum atomic E-state index is 13.4. The number of nitrogens with zero attached hydrogens (tertiary/aromatic N) is 2. The summed E-state index contributed by atoms with van der Waals surface area (Å²) in [5.74, 6) is -2.31. The van der Waals surface area contributed by atoms with Crippen LogP contribution >= 0.6 is 0 Å². The fourth-order valence-corrected chi connectivity index (χ4v) is 5.33. The van der Waals surface area contributed by atoms with E-state index >= 15 is 0 Å². The molecule has 0 saturated carbocycles. The molecule has 1 heterocycles. The SMILES string of the molecule is CCCCNC(=O)C(CC)N(Cc1ccc(F)cc1)C(=O)CN1C(=O)c2ccccc2S1(=O)=O. The van der Waals surface area contributed by atoms with Gasteiger partial charge in [-0.2, -0.15) is 0 Å². The molecule has 3 rings (SSSR count). The number of halogens is 1. The van der Waals surface area contributed by atoms with Gasteiger partial charge in [-0.1, -0.05) is 44.5 Å². The quantitative estimate of drug-likeness (QED) is 0.517. The Bertz CT molecular complexity index is 1170. The van der Waals surface area contributed by atoms with Crippen molar-refractivity contribution in [2.75, 3.05) is 13.1 Å². The van der Waals surface area contributed by atoms with Crippen LogP contribution in [0, 0.1) is 5.82 Å². The second-order valence-electron chi connectivity index (χ2n) is 8.03. The summed E-state index contributed by atoms with van der Waals surface area (Å²) >= 11 is 0. The molecule has 0 bridgehead atoms. The van der Waals surface area contributed by atoms with Gasteiger partial charge < -0.3 is 10.2 Å². The molecule has 0 fully saturated rings. The zero-order valence-electron chi connectivity index (χ0n) is 19.2. The number of benzene rings is 2. The van der Waals surface area contributed by atoms with E-state index in [0.717, 1.165) is 12.8 Å². The third-order valence-corrected chi connectivity index (χ3v) is 7.46. The van der Waals surface area contributed by atoms with Crippen LogP contribution in [0.5, 0.6) is 0 Å². The normalized spacial score (nSPS) is 15.0. The molecule has 10 heteroatoms. The first-order chi connectivity index (χ1) is 16.2. The van der Waals surface area contributed by atoms with Gasteiger partial charge in [0.25, 0.3) is 15.9 Å². The van der Waals surface area contributed by atoms with E-state index in [4.69, 9.17) is 0 Å². The maximum Gasteiger partial charge on any atom is 0.269 e. The Kier molecular flexibility index (Phi) is 8.03. The van der Waals surface area contributed by atoms with E-state index in [1.165, 1.54) is 47.4 Å². The van der Waals surface area contributed by atoms with Crippen molar-refractivity contribution in [2.45, 2.75) is 50.6 Å². The molecule has 8 nitrogen and oxygen atoms in total. The van der Waals surface area contributed by atoms with Crippen LogP contribution in [-0.2, 0) is 26.2 Å². The van der Waals surface area contributed by atoms with Crippen LogP contribution in [0.25, 0.3) is 0 Å². The van der Waals surface area contributed by atoms with Crippen molar-refractivity contribution in [3.63, 3.8) is 0 Å². The van der Waals surface area contributed by atoms with Gasteiger partial charge >= 0.3 is 0 Å². The molecule has 1 aliphatic heterocycles. The number of amides is 3. The molecule has 0 aromatic heterocycles. The topological polar surface area (TPSA) is 104 Å². The average Bonchev–Trinajstić information content (AvgIpc) is 3.01. The predicted octanol–water partition coefficient (Wildman–Crippen LogP) is 2.69. The van der Waals surface area contributed by atoms with Crippen molar-refractivity contribution >= 4 is 27.7 Å². The van der Waals surface area contributed by atoms with E-state index in [1.54, 1.807) is 13.0 Å². The number of unbranched alkanes of at least 4 members (excludes halogenated alkanes) is 1. The number of sulfonamides is 1. The molecule has 2 aromatic carbocycles. The molecule has 1 unspecified atom stereocenters. The van der Waals surface area contributed by atoms with Gasteiger partial charge in [-0.3, -0.25) is 14.4 Å². The monoisotopic (exact) mass is 489 g/mol. The van der Waals surface area contributed by atoms with Crippen LogP contribution in [0.3, 0.4) is 0 Å². The summed E-state index contributed by atoms with van der Waals surface area (Å²) in [4.78, 5) is 40.2. The van der Waals surface area contributed by atoms with Crippen LogP contribution in [0.2, 0.25) is 0 Å². The zero-order valence-corrected chi connectivity index (χ0v) is 20.0. The lowest BCUT2D eigenvalue weighted by Crippen LogP contribution is -2.52. The summed E-state index contributed by atoms with van der Waals surface area (Å²) in [6.07, 6.45) is 1.92. The first-order valence-electron chi connectivity index (χ1n) is 11.2. The van der Waals surface area contributed by atoms with Gasteiger partial charge in [-0.15, -0.1) is 0 Å². The molecule has 1 atom stereocenters. The van der Waals surface area contributed by atoms with Gasteiger partial charge in [-0.05, 0) is 42.7 Å². The summed E-state index contributed by atoms with van der Waals surface area (Å²) in [5.41, 5.74) is 0.568. The summed E-state index contributed by atoms with van der Waals surface area (Å²) in [6, 6.07) is 10.3. The molecule has 3 amide bonds. The first kappa shape index (κ1) is 25.4. The number of hydrogen-bond acceptors (Lipinski definition) is 5. The molecule has 2 aromatic rings. The lowest BCUT2D eigenvalue weighted by Gasteiger charge is -2.31. The van der Waals surface area contributed by atoms with Crippen LogP contribution in [0.4, 0.5) is 4.39 Å². The Balaban J connectivity index is 1.89. The third kappa shape index (κ3) is 5.27. The number of rotatable bonds is 10. The highest BCUT2D eigenvalue weighted by molar-refractivity contribution is 7.90. The number of nitrogens with one attached hydrogen (secondary N) is 1. The fraction of sp³-hybridized carbons (Fsp3) is 0.375. The van der Waals surface area contributed by atoms with Crippen LogP contribution in [0.15, 0.2) is 53.4 Å². The molecular weight excluding hydrogens is 461 g/mol. The Morgan fingerprint density at radius 2 is 1.76 bits per heavy atom. The van der Waals surface area contributed by atoms with E-state index in [9.17, 15) is 27.2 Å². The van der Waals surface area contributed by atoms with Gasteiger partial charge in [0.2, 0.25) is 11.8 Å². The molecule has 0 aliphatic carbocycles.